The minimum atomic E-state index is -1.22. The van der Waals surface area contributed by atoms with Crippen molar-refractivity contribution < 1.29 is 33.4 Å². The van der Waals surface area contributed by atoms with Crippen molar-refractivity contribution >= 4 is 31.7 Å². The zero-order valence-electron chi connectivity index (χ0n) is 20.1. The number of esters is 2. The molecule has 1 atom stereocenters. The second-order valence-electron chi connectivity index (χ2n) is 9.11. The molecule has 1 aromatic rings. The summed E-state index contributed by atoms with van der Waals surface area (Å²) in [5, 5.41) is 0. The number of methoxy groups -OCH3 is 1. The Kier molecular flexibility index (Phi) is 9.60. The zero-order chi connectivity index (χ0) is 24.6. The van der Waals surface area contributed by atoms with E-state index in [0.29, 0.717) is 18.7 Å². The molecule has 182 valence electrons. The highest BCUT2D eigenvalue weighted by Crippen LogP contribution is 2.27. The second kappa shape index (κ2) is 11.9. The molecule has 2 rings (SSSR count). The molecule has 10 heteroatoms. The topological polar surface area (TPSA) is 104 Å². The molecule has 0 aromatic carbocycles. The predicted octanol–water partition coefficient (Wildman–Crippen LogP) is 2.84. The largest absolute Gasteiger partial charge is 0.463 e. The van der Waals surface area contributed by atoms with Gasteiger partial charge in [0.15, 0.2) is 0 Å². The molecule has 1 aliphatic heterocycles. The fourth-order valence-electron chi connectivity index (χ4n) is 3.38. The van der Waals surface area contributed by atoms with Crippen LogP contribution < -0.4 is 0 Å². The van der Waals surface area contributed by atoms with Crippen molar-refractivity contribution in [3.05, 3.63) is 35.8 Å². The lowest BCUT2D eigenvalue weighted by atomic mass is 10.0. The molecule has 1 aliphatic rings. The number of hydrogen-bond acceptors (Lipinski definition) is 7. The van der Waals surface area contributed by atoms with E-state index in [1.807, 2.05) is 0 Å². The number of nitrogens with zero attached hydrogens (tertiary/aromatic N) is 2. The van der Waals surface area contributed by atoms with Crippen molar-refractivity contribution in [1.29, 1.82) is 0 Å². The van der Waals surface area contributed by atoms with Crippen LogP contribution in [0.5, 0.6) is 0 Å². The maximum absolute atomic E-state index is 13.3. The van der Waals surface area contributed by atoms with Crippen molar-refractivity contribution in [1.82, 2.24) is 9.47 Å². The molecule has 0 aliphatic carbocycles. The molecule has 0 saturated carbocycles. The number of aromatic nitrogens is 1. The van der Waals surface area contributed by atoms with Gasteiger partial charge in [0, 0.05) is 33.8 Å². The third-order valence-electron chi connectivity index (χ3n) is 5.26. The van der Waals surface area contributed by atoms with Gasteiger partial charge < -0.3 is 23.7 Å². The van der Waals surface area contributed by atoms with Gasteiger partial charge in [-0.1, -0.05) is 19.6 Å². The van der Waals surface area contributed by atoms with E-state index in [2.05, 4.69) is 24.4 Å². The van der Waals surface area contributed by atoms with Crippen LogP contribution in [-0.4, -0.2) is 68.0 Å². The number of Topliss-reactive ketones (excluding diaryl/α,β-unsaturated/α-hetero) is 1. The van der Waals surface area contributed by atoms with E-state index in [1.165, 1.54) is 4.90 Å². The van der Waals surface area contributed by atoms with Crippen LogP contribution in [-0.2, 0) is 35.3 Å². The summed E-state index contributed by atoms with van der Waals surface area (Å²) >= 11 is 0. The van der Waals surface area contributed by atoms with Gasteiger partial charge in [-0.05, 0) is 43.5 Å². The molecular weight excluding hydrogens is 444 g/mol. The van der Waals surface area contributed by atoms with Crippen LogP contribution in [0.4, 0.5) is 0 Å². The molecule has 0 bridgehead atoms. The Morgan fingerprint density at radius 1 is 1.18 bits per heavy atom. The van der Waals surface area contributed by atoms with Crippen molar-refractivity contribution in [3.8, 4) is 0 Å². The van der Waals surface area contributed by atoms with Gasteiger partial charge in [-0.15, -0.1) is 0 Å². The van der Waals surface area contributed by atoms with Gasteiger partial charge >= 0.3 is 11.9 Å². The number of carbonyl (C=O) groups excluding carboxylic acids is 4. The summed E-state index contributed by atoms with van der Waals surface area (Å²) in [5.41, 5.74) is 0.536. The molecule has 1 aromatic heterocycles. The summed E-state index contributed by atoms with van der Waals surface area (Å²) in [6.07, 6.45) is 3.67. The van der Waals surface area contributed by atoms with Crippen molar-refractivity contribution in [2.75, 3.05) is 26.9 Å². The Labute approximate surface area is 195 Å². The summed E-state index contributed by atoms with van der Waals surface area (Å²) in [6, 6.07) is 4.46. The summed E-state index contributed by atoms with van der Waals surface area (Å²) in [4.78, 5) is 50.4. The smallest absolute Gasteiger partial charge is 0.374 e. The molecular formula is C23H34N2O7Si. The second-order valence-corrected chi connectivity index (χ2v) is 14.7. The highest BCUT2D eigenvalue weighted by molar-refractivity contribution is 6.76. The quantitative estimate of drug-likeness (QED) is 0.197. The summed E-state index contributed by atoms with van der Waals surface area (Å²) < 4.78 is 17.1. The fourth-order valence-corrected chi connectivity index (χ4v) is 4.14. The summed E-state index contributed by atoms with van der Waals surface area (Å²) in [5.74, 6) is -2.76. The van der Waals surface area contributed by atoms with Gasteiger partial charge in [0.25, 0.3) is 5.91 Å². The van der Waals surface area contributed by atoms with E-state index in [-0.39, 0.29) is 43.8 Å². The number of ketones is 1. The first-order chi connectivity index (χ1) is 15.6. The monoisotopic (exact) mass is 478 g/mol. The van der Waals surface area contributed by atoms with Gasteiger partial charge in [-0.25, -0.2) is 9.59 Å². The lowest BCUT2D eigenvalue weighted by Gasteiger charge is -2.21. The zero-order valence-corrected chi connectivity index (χ0v) is 21.1. The first-order valence-corrected chi connectivity index (χ1v) is 14.8. The minimum Gasteiger partial charge on any atom is -0.463 e. The van der Waals surface area contributed by atoms with E-state index in [0.717, 1.165) is 13.2 Å². The number of rotatable bonds is 12. The Morgan fingerprint density at radius 2 is 1.91 bits per heavy atom. The molecule has 0 N–H and O–H groups in total. The van der Waals surface area contributed by atoms with E-state index in [1.54, 1.807) is 35.9 Å². The number of ether oxygens (including phenoxy) is 3. The van der Waals surface area contributed by atoms with Gasteiger partial charge in [0.2, 0.25) is 5.78 Å². The summed E-state index contributed by atoms with van der Waals surface area (Å²) in [6.45, 7) is 9.74. The Hall–Kier alpha value is -2.72. The average molecular weight is 479 g/mol. The Balaban J connectivity index is 2.10. The first-order valence-electron chi connectivity index (χ1n) is 11.1. The number of carbonyl (C=O) groups is 4. The molecule has 0 spiro atoms. The molecule has 2 heterocycles. The van der Waals surface area contributed by atoms with Crippen molar-refractivity contribution in [2.24, 2.45) is 5.92 Å². The van der Waals surface area contributed by atoms with Crippen molar-refractivity contribution in [2.45, 2.75) is 52.2 Å². The number of hydrogen-bond donors (Lipinski definition) is 0. The van der Waals surface area contributed by atoms with Crippen molar-refractivity contribution in [3.63, 3.8) is 0 Å². The van der Waals surface area contributed by atoms with Crippen LogP contribution in [0, 0.1) is 5.92 Å². The number of amides is 1. The first kappa shape index (κ1) is 26.5. The molecule has 33 heavy (non-hydrogen) atoms. The lowest BCUT2D eigenvalue weighted by Crippen LogP contribution is -2.34. The third-order valence-corrected chi connectivity index (χ3v) is 6.97. The van der Waals surface area contributed by atoms with Gasteiger partial charge in [-0.2, -0.15) is 0 Å². The lowest BCUT2D eigenvalue weighted by molar-refractivity contribution is -0.151. The third kappa shape index (κ3) is 7.67. The highest BCUT2D eigenvalue weighted by Gasteiger charge is 2.35. The Bertz CT molecular complexity index is 901. The highest BCUT2D eigenvalue weighted by atomic mass is 28.3. The normalized spacial score (nSPS) is 15.8. The molecule has 0 fully saturated rings. The predicted molar refractivity (Wildman–Crippen MR) is 124 cm³/mol. The SMILES string of the molecule is CCOC(=O)C1=CC(CCC(=O)C(=O)OC)CN1C(=O)c1cccn1COCC[Si](C)(C)C. The molecule has 9 nitrogen and oxygen atoms in total. The van der Waals surface area contributed by atoms with Crippen LogP contribution in [0.15, 0.2) is 30.1 Å². The van der Waals surface area contributed by atoms with Crippen LogP contribution in [0.2, 0.25) is 25.7 Å². The minimum absolute atomic E-state index is 0.0344. The standard InChI is InChI=1S/C23H34N2O7Si/c1-6-32-22(28)19-14-17(9-10-20(26)23(29)30-2)15-25(19)21(27)18-8-7-11-24(18)16-31-12-13-33(3,4)5/h7-8,11,14,17H,6,9-10,12-13,15-16H2,1-5H3. The fraction of sp³-hybridized carbons (Fsp3) is 0.565. The van der Waals surface area contributed by atoms with E-state index < -0.39 is 25.8 Å². The maximum atomic E-state index is 13.3. The van der Waals surface area contributed by atoms with E-state index in [4.69, 9.17) is 9.47 Å². The molecule has 1 unspecified atom stereocenters. The van der Waals surface area contributed by atoms with Crippen LogP contribution in [0.3, 0.4) is 0 Å². The molecule has 1 amide bonds. The van der Waals surface area contributed by atoms with Crippen LogP contribution in [0.1, 0.15) is 30.3 Å². The van der Waals surface area contributed by atoms with Crippen LogP contribution >= 0.6 is 0 Å². The van der Waals surface area contributed by atoms with Crippen LogP contribution in [0.25, 0.3) is 0 Å². The van der Waals surface area contributed by atoms with E-state index >= 15 is 0 Å². The van der Waals surface area contributed by atoms with Gasteiger partial charge in [0.05, 0.1) is 13.7 Å². The van der Waals surface area contributed by atoms with Gasteiger partial charge in [0.1, 0.15) is 18.1 Å². The molecule has 0 radical (unpaired) electrons. The summed E-state index contributed by atoms with van der Waals surface area (Å²) in [7, 11) is -0.0686. The van der Waals surface area contributed by atoms with E-state index in [9.17, 15) is 19.2 Å². The maximum Gasteiger partial charge on any atom is 0.374 e. The Morgan fingerprint density at radius 3 is 2.55 bits per heavy atom. The average Bonchev–Trinajstić information content (AvgIpc) is 3.40. The van der Waals surface area contributed by atoms with Gasteiger partial charge in [-0.3, -0.25) is 9.59 Å². The molecule has 0 saturated heterocycles.